The molecule has 0 saturated heterocycles. The molecular formula is C17H16ClN3O4S2. The summed E-state index contributed by atoms with van der Waals surface area (Å²) in [5, 5.41) is 5.85. The van der Waals surface area contributed by atoms with Crippen LogP contribution in [0.1, 0.15) is 0 Å². The first kappa shape index (κ1) is 19.7. The highest BCUT2D eigenvalue weighted by molar-refractivity contribution is 8.00. The average Bonchev–Trinajstić information content (AvgIpc) is 2.63. The number of rotatable bonds is 5. The molecule has 2 aromatic rings. The number of nitrogens with one attached hydrogen (secondary N) is 2. The third-order valence-electron chi connectivity index (χ3n) is 3.79. The number of carbonyl (C=O) groups is 2. The molecule has 2 amide bonds. The second-order valence-electron chi connectivity index (χ2n) is 5.81. The SMILES string of the molecule is CN(CC(=O)Nc1ccc(Cl)cc1)S(=O)(=O)c1ccc2c(c1)SCC(=O)N2. The van der Waals surface area contributed by atoms with Crippen LogP contribution in [0.25, 0.3) is 0 Å². The normalized spacial score (nSPS) is 13.8. The molecule has 2 aromatic carbocycles. The summed E-state index contributed by atoms with van der Waals surface area (Å²) in [6.07, 6.45) is 0. The minimum atomic E-state index is -3.85. The van der Waals surface area contributed by atoms with Crippen molar-refractivity contribution in [3.05, 3.63) is 47.5 Å². The van der Waals surface area contributed by atoms with E-state index in [2.05, 4.69) is 10.6 Å². The maximum atomic E-state index is 12.7. The van der Waals surface area contributed by atoms with E-state index in [9.17, 15) is 18.0 Å². The van der Waals surface area contributed by atoms with Crippen molar-refractivity contribution in [1.29, 1.82) is 0 Å². The molecule has 142 valence electrons. The van der Waals surface area contributed by atoms with E-state index in [4.69, 9.17) is 11.6 Å². The third-order valence-corrected chi connectivity index (χ3v) is 6.90. The van der Waals surface area contributed by atoms with Crippen LogP contribution in [0.4, 0.5) is 11.4 Å². The summed E-state index contributed by atoms with van der Waals surface area (Å²) in [4.78, 5) is 24.3. The lowest BCUT2D eigenvalue weighted by atomic mass is 10.3. The molecule has 0 aliphatic carbocycles. The van der Waals surface area contributed by atoms with Crippen LogP contribution in [0.5, 0.6) is 0 Å². The van der Waals surface area contributed by atoms with Gasteiger partial charge in [-0.2, -0.15) is 4.31 Å². The van der Waals surface area contributed by atoms with Gasteiger partial charge in [-0.05, 0) is 42.5 Å². The van der Waals surface area contributed by atoms with Crippen molar-refractivity contribution in [2.24, 2.45) is 0 Å². The highest BCUT2D eigenvalue weighted by Crippen LogP contribution is 2.33. The van der Waals surface area contributed by atoms with E-state index in [1.54, 1.807) is 30.3 Å². The van der Waals surface area contributed by atoms with Crippen LogP contribution in [0.3, 0.4) is 0 Å². The zero-order chi connectivity index (χ0) is 19.6. The highest BCUT2D eigenvalue weighted by Gasteiger charge is 2.25. The Kier molecular flexibility index (Phi) is 5.75. The number of thioether (sulfide) groups is 1. The van der Waals surface area contributed by atoms with Crippen LogP contribution in [0.15, 0.2) is 52.3 Å². The van der Waals surface area contributed by atoms with Crippen LogP contribution in [0, 0.1) is 0 Å². The van der Waals surface area contributed by atoms with E-state index < -0.39 is 15.9 Å². The van der Waals surface area contributed by atoms with Crippen LogP contribution >= 0.6 is 23.4 Å². The van der Waals surface area contributed by atoms with E-state index in [0.29, 0.717) is 21.3 Å². The Bertz CT molecular complexity index is 994. The summed E-state index contributed by atoms with van der Waals surface area (Å²) in [6, 6.07) is 11.0. The number of amides is 2. The Morgan fingerprint density at radius 1 is 1.26 bits per heavy atom. The number of nitrogens with zero attached hydrogens (tertiary/aromatic N) is 1. The highest BCUT2D eigenvalue weighted by atomic mass is 35.5. The van der Waals surface area contributed by atoms with Gasteiger partial charge < -0.3 is 10.6 Å². The first-order chi connectivity index (χ1) is 12.8. The number of hydrogen-bond acceptors (Lipinski definition) is 5. The lowest BCUT2D eigenvalue weighted by Gasteiger charge is -2.20. The molecule has 1 aliphatic heterocycles. The van der Waals surface area contributed by atoms with Gasteiger partial charge in [0, 0.05) is 22.7 Å². The van der Waals surface area contributed by atoms with Crippen molar-refractivity contribution in [3.63, 3.8) is 0 Å². The van der Waals surface area contributed by atoms with Gasteiger partial charge in [0.25, 0.3) is 0 Å². The van der Waals surface area contributed by atoms with Gasteiger partial charge in [0.1, 0.15) is 0 Å². The molecule has 0 atom stereocenters. The van der Waals surface area contributed by atoms with Crippen LogP contribution in [0.2, 0.25) is 5.02 Å². The monoisotopic (exact) mass is 425 g/mol. The molecule has 0 bridgehead atoms. The Labute approximate surface area is 166 Å². The predicted octanol–water partition coefficient (Wildman–Crippen LogP) is 2.64. The van der Waals surface area contributed by atoms with Gasteiger partial charge in [-0.1, -0.05) is 11.6 Å². The van der Waals surface area contributed by atoms with Crippen LogP contribution in [-0.4, -0.2) is 43.9 Å². The Morgan fingerprint density at radius 3 is 2.67 bits per heavy atom. The smallest absolute Gasteiger partial charge is 0.243 e. The standard InChI is InChI=1S/C17H16ClN3O4S2/c1-21(9-16(22)19-12-4-2-11(18)3-5-12)27(24,25)13-6-7-14-15(8-13)26-10-17(23)20-14/h2-8H,9-10H2,1H3,(H,19,22)(H,20,23). The van der Waals surface area contributed by atoms with E-state index in [1.807, 2.05) is 0 Å². The van der Waals surface area contributed by atoms with Crippen LogP contribution < -0.4 is 10.6 Å². The van der Waals surface area contributed by atoms with E-state index in [0.717, 1.165) is 4.31 Å². The molecule has 0 fully saturated rings. The average molecular weight is 426 g/mol. The zero-order valence-corrected chi connectivity index (χ0v) is 16.6. The number of anilines is 2. The minimum Gasteiger partial charge on any atom is -0.325 e. The van der Waals surface area contributed by atoms with Gasteiger partial charge >= 0.3 is 0 Å². The second kappa shape index (κ2) is 7.89. The predicted molar refractivity (Wildman–Crippen MR) is 106 cm³/mol. The summed E-state index contributed by atoms with van der Waals surface area (Å²) < 4.78 is 26.5. The summed E-state index contributed by atoms with van der Waals surface area (Å²) >= 11 is 7.06. The van der Waals surface area contributed by atoms with Crippen molar-refractivity contribution < 1.29 is 18.0 Å². The van der Waals surface area contributed by atoms with Gasteiger partial charge in [0.2, 0.25) is 21.8 Å². The number of fused-ring (bicyclic) bond motifs is 1. The molecular weight excluding hydrogens is 410 g/mol. The van der Waals surface area contributed by atoms with Crippen molar-refractivity contribution in [2.75, 3.05) is 30.0 Å². The molecule has 0 saturated carbocycles. The van der Waals surface area contributed by atoms with E-state index >= 15 is 0 Å². The third kappa shape index (κ3) is 4.62. The fraction of sp³-hybridized carbons (Fsp3) is 0.176. The maximum Gasteiger partial charge on any atom is 0.243 e. The molecule has 0 unspecified atom stereocenters. The first-order valence-corrected chi connectivity index (χ1v) is 10.6. The lowest BCUT2D eigenvalue weighted by molar-refractivity contribution is -0.116. The van der Waals surface area contributed by atoms with Crippen molar-refractivity contribution in [2.45, 2.75) is 9.79 Å². The summed E-state index contributed by atoms with van der Waals surface area (Å²) in [5.74, 6) is -0.363. The number of benzene rings is 2. The zero-order valence-electron chi connectivity index (χ0n) is 14.2. The number of sulfonamides is 1. The summed E-state index contributed by atoms with van der Waals surface area (Å²) in [7, 11) is -2.52. The fourth-order valence-corrected chi connectivity index (χ4v) is 4.61. The van der Waals surface area contributed by atoms with Gasteiger partial charge in [-0.3, -0.25) is 9.59 Å². The maximum absolute atomic E-state index is 12.7. The summed E-state index contributed by atoms with van der Waals surface area (Å²) in [5.41, 5.74) is 1.11. The van der Waals surface area contributed by atoms with Gasteiger partial charge in [0.05, 0.1) is 22.9 Å². The molecule has 0 radical (unpaired) electrons. The fourth-order valence-electron chi connectivity index (χ4n) is 2.42. The summed E-state index contributed by atoms with van der Waals surface area (Å²) in [6.45, 7) is -0.341. The minimum absolute atomic E-state index is 0.0618. The van der Waals surface area contributed by atoms with Gasteiger partial charge in [-0.15, -0.1) is 11.8 Å². The molecule has 0 aromatic heterocycles. The largest absolute Gasteiger partial charge is 0.325 e. The van der Waals surface area contributed by atoms with Crippen molar-refractivity contribution in [3.8, 4) is 0 Å². The Morgan fingerprint density at radius 2 is 1.96 bits per heavy atom. The molecule has 27 heavy (non-hydrogen) atoms. The number of likely N-dealkylation sites (N-methyl/N-ethyl adjacent to an activating group) is 1. The van der Waals surface area contributed by atoms with Crippen molar-refractivity contribution in [1.82, 2.24) is 4.31 Å². The van der Waals surface area contributed by atoms with Gasteiger partial charge in [0.15, 0.2) is 0 Å². The van der Waals surface area contributed by atoms with E-state index in [-0.39, 0.29) is 23.1 Å². The molecule has 2 N–H and O–H groups in total. The number of carbonyl (C=O) groups excluding carboxylic acids is 2. The Hall–Kier alpha value is -2.07. The number of hydrogen-bond donors (Lipinski definition) is 2. The topological polar surface area (TPSA) is 95.6 Å². The molecule has 1 aliphatic rings. The molecule has 7 nitrogen and oxygen atoms in total. The lowest BCUT2D eigenvalue weighted by Crippen LogP contribution is -2.35. The van der Waals surface area contributed by atoms with Crippen molar-refractivity contribution >= 4 is 56.6 Å². The molecule has 0 spiro atoms. The van der Waals surface area contributed by atoms with E-state index in [1.165, 1.54) is 30.9 Å². The molecule has 10 heteroatoms. The second-order valence-corrected chi connectivity index (χ2v) is 9.31. The number of halogens is 1. The van der Waals surface area contributed by atoms with Gasteiger partial charge in [-0.25, -0.2) is 8.42 Å². The quantitative estimate of drug-likeness (QED) is 0.767. The van der Waals surface area contributed by atoms with Crippen LogP contribution in [-0.2, 0) is 19.6 Å². The first-order valence-electron chi connectivity index (χ1n) is 7.84. The molecule has 3 rings (SSSR count). The Balaban J connectivity index is 1.71. The molecule has 1 heterocycles.